The van der Waals surface area contributed by atoms with Gasteiger partial charge in [0.1, 0.15) is 0 Å². The van der Waals surface area contributed by atoms with Crippen molar-refractivity contribution in [1.82, 2.24) is 9.55 Å². The molecule has 27 heavy (non-hydrogen) atoms. The lowest BCUT2D eigenvalue weighted by atomic mass is 10.2. The van der Waals surface area contributed by atoms with Gasteiger partial charge in [-0.25, -0.2) is 9.98 Å². The second-order valence-electron chi connectivity index (χ2n) is 6.08. The van der Waals surface area contributed by atoms with Crippen LogP contribution in [0.5, 0.6) is 0 Å². The normalized spacial score (nSPS) is 11.3. The first kappa shape index (κ1) is 16.7. The fourth-order valence-electron chi connectivity index (χ4n) is 2.90. The first-order chi connectivity index (χ1) is 13.2. The molecule has 4 aromatic rings. The van der Waals surface area contributed by atoms with Crippen LogP contribution in [0.15, 0.2) is 83.9 Å². The van der Waals surface area contributed by atoms with Crippen LogP contribution in [0.3, 0.4) is 0 Å². The topological polar surface area (TPSA) is 73.3 Å². The molecule has 0 saturated carbocycles. The lowest BCUT2D eigenvalue weighted by Crippen LogP contribution is -1.99. The van der Waals surface area contributed by atoms with E-state index in [2.05, 4.69) is 26.7 Å². The summed E-state index contributed by atoms with van der Waals surface area (Å²) in [6.07, 6.45) is 1.67. The minimum Gasteiger partial charge on any atom is -0.304 e. The molecule has 0 aliphatic heterocycles. The van der Waals surface area contributed by atoms with Crippen molar-refractivity contribution in [2.45, 2.75) is 6.54 Å². The smallest absolute Gasteiger partial charge is 0.269 e. The lowest BCUT2D eigenvalue weighted by Gasteiger charge is -2.06. The second kappa shape index (κ2) is 7.21. The second-order valence-corrected chi connectivity index (χ2v) is 6.08. The number of aliphatic imine (C=N–C) groups is 1. The van der Waals surface area contributed by atoms with E-state index in [0.717, 1.165) is 22.2 Å². The standard InChI is InChI=1S/C21H16N4O2/c26-25(27)18-12-10-16(11-13-18)14-22-21-23-19-8-4-5-9-20(19)24(21)15-17-6-2-1-3-7-17/h1-14H,15H2/b22-14+. The van der Waals surface area contributed by atoms with Crippen molar-refractivity contribution in [2.75, 3.05) is 0 Å². The van der Waals surface area contributed by atoms with E-state index in [1.54, 1.807) is 18.3 Å². The highest BCUT2D eigenvalue weighted by Crippen LogP contribution is 2.23. The van der Waals surface area contributed by atoms with Crippen LogP contribution in [0, 0.1) is 10.1 Å². The van der Waals surface area contributed by atoms with Crippen LogP contribution in [0.2, 0.25) is 0 Å². The van der Waals surface area contributed by atoms with Gasteiger partial charge in [-0.3, -0.25) is 10.1 Å². The molecule has 0 fully saturated rings. The summed E-state index contributed by atoms with van der Waals surface area (Å²) in [5.41, 5.74) is 3.89. The highest BCUT2D eigenvalue weighted by molar-refractivity contribution is 5.84. The van der Waals surface area contributed by atoms with E-state index in [-0.39, 0.29) is 5.69 Å². The number of nitro groups is 1. The molecule has 0 radical (unpaired) electrons. The summed E-state index contributed by atoms with van der Waals surface area (Å²) >= 11 is 0. The van der Waals surface area contributed by atoms with Gasteiger partial charge in [-0.2, -0.15) is 0 Å². The summed E-state index contributed by atoms with van der Waals surface area (Å²) in [6, 6.07) is 24.3. The zero-order chi connectivity index (χ0) is 18.6. The minimum atomic E-state index is -0.416. The fourth-order valence-corrected chi connectivity index (χ4v) is 2.90. The number of para-hydroxylation sites is 2. The molecule has 0 aliphatic carbocycles. The van der Waals surface area contributed by atoms with Crippen LogP contribution in [0.1, 0.15) is 11.1 Å². The molecule has 3 aromatic carbocycles. The van der Waals surface area contributed by atoms with Crippen LogP contribution in [-0.4, -0.2) is 20.7 Å². The van der Waals surface area contributed by atoms with Gasteiger partial charge in [0, 0.05) is 18.3 Å². The molecular formula is C21H16N4O2. The van der Waals surface area contributed by atoms with Crippen LogP contribution < -0.4 is 0 Å². The third-order valence-electron chi connectivity index (χ3n) is 4.25. The van der Waals surface area contributed by atoms with Gasteiger partial charge in [0.05, 0.1) is 22.5 Å². The molecule has 0 unspecified atom stereocenters. The maximum atomic E-state index is 10.8. The summed E-state index contributed by atoms with van der Waals surface area (Å²) in [7, 11) is 0. The van der Waals surface area contributed by atoms with Crippen molar-refractivity contribution < 1.29 is 4.92 Å². The number of non-ortho nitro benzene ring substituents is 1. The van der Waals surface area contributed by atoms with Gasteiger partial charge in [0.2, 0.25) is 5.95 Å². The van der Waals surface area contributed by atoms with E-state index in [1.165, 1.54) is 12.1 Å². The minimum absolute atomic E-state index is 0.0588. The quantitative estimate of drug-likeness (QED) is 0.294. The number of fused-ring (bicyclic) bond motifs is 1. The SMILES string of the molecule is O=[N+]([O-])c1ccc(/C=N/c2nc3ccccc3n2Cc2ccccc2)cc1. The summed E-state index contributed by atoms with van der Waals surface area (Å²) < 4.78 is 2.06. The third kappa shape index (κ3) is 3.59. The zero-order valence-electron chi connectivity index (χ0n) is 14.4. The summed E-state index contributed by atoms with van der Waals surface area (Å²) in [5.74, 6) is 0.596. The van der Waals surface area contributed by atoms with Crippen LogP contribution in [-0.2, 0) is 6.54 Å². The van der Waals surface area contributed by atoms with Gasteiger partial charge in [-0.15, -0.1) is 0 Å². The van der Waals surface area contributed by atoms with Gasteiger partial charge < -0.3 is 4.57 Å². The summed E-state index contributed by atoms with van der Waals surface area (Å²) in [5, 5.41) is 10.8. The Balaban J connectivity index is 1.70. The molecule has 4 rings (SSSR count). The largest absolute Gasteiger partial charge is 0.304 e. The number of imidazole rings is 1. The predicted molar refractivity (Wildman–Crippen MR) is 106 cm³/mol. The Hall–Kier alpha value is -3.80. The molecule has 0 aliphatic rings. The Kier molecular flexibility index (Phi) is 4.45. The molecule has 0 atom stereocenters. The first-order valence-corrected chi connectivity index (χ1v) is 8.48. The lowest BCUT2D eigenvalue weighted by molar-refractivity contribution is -0.384. The Morgan fingerprint density at radius 1 is 0.963 bits per heavy atom. The Labute approximate surface area is 155 Å². The van der Waals surface area contributed by atoms with E-state index >= 15 is 0 Å². The molecule has 6 heteroatoms. The van der Waals surface area contributed by atoms with Crippen LogP contribution in [0.4, 0.5) is 11.6 Å². The molecule has 6 nitrogen and oxygen atoms in total. The molecule has 1 aromatic heterocycles. The molecule has 0 spiro atoms. The van der Waals surface area contributed by atoms with Gasteiger partial charge in [-0.1, -0.05) is 42.5 Å². The maximum Gasteiger partial charge on any atom is 0.269 e. The van der Waals surface area contributed by atoms with Crippen molar-refractivity contribution in [1.29, 1.82) is 0 Å². The molecule has 0 N–H and O–H groups in total. The number of benzene rings is 3. The van der Waals surface area contributed by atoms with Gasteiger partial charge >= 0.3 is 0 Å². The van der Waals surface area contributed by atoms with Crippen molar-refractivity contribution >= 4 is 28.9 Å². The number of hydrogen-bond acceptors (Lipinski definition) is 4. The third-order valence-corrected chi connectivity index (χ3v) is 4.25. The zero-order valence-corrected chi connectivity index (χ0v) is 14.4. The van der Waals surface area contributed by atoms with Gasteiger partial charge in [0.25, 0.3) is 5.69 Å². The summed E-state index contributed by atoms with van der Waals surface area (Å²) in [4.78, 5) is 19.5. The van der Waals surface area contributed by atoms with Crippen molar-refractivity contribution in [3.8, 4) is 0 Å². The first-order valence-electron chi connectivity index (χ1n) is 8.48. The number of nitro benzene ring substituents is 1. The van der Waals surface area contributed by atoms with Gasteiger partial charge in [0.15, 0.2) is 0 Å². The average molecular weight is 356 g/mol. The number of nitrogens with zero attached hydrogens (tertiary/aromatic N) is 4. The predicted octanol–water partition coefficient (Wildman–Crippen LogP) is 4.74. The van der Waals surface area contributed by atoms with Crippen molar-refractivity contribution in [3.63, 3.8) is 0 Å². The van der Waals surface area contributed by atoms with E-state index < -0.39 is 4.92 Å². The Morgan fingerprint density at radius 2 is 1.67 bits per heavy atom. The van der Waals surface area contributed by atoms with Gasteiger partial charge in [-0.05, 0) is 35.4 Å². The molecule has 0 amide bonds. The Bertz CT molecular complexity index is 1120. The maximum absolute atomic E-state index is 10.8. The van der Waals surface area contributed by atoms with E-state index in [4.69, 9.17) is 0 Å². The van der Waals surface area contributed by atoms with E-state index in [9.17, 15) is 10.1 Å². The van der Waals surface area contributed by atoms with Crippen LogP contribution >= 0.6 is 0 Å². The van der Waals surface area contributed by atoms with Crippen molar-refractivity contribution in [2.24, 2.45) is 4.99 Å². The molecule has 132 valence electrons. The van der Waals surface area contributed by atoms with E-state index in [0.29, 0.717) is 12.5 Å². The molecule has 1 heterocycles. The highest BCUT2D eigenvalue weighted by Gasteiger charge is 2.10. The highest BCUT2D eigenvalue weighted by atomic mass is 16.6. The number of rotatable bonds is 5. The number of aromatic nitrogens is 2. The molecular weight excluding hydrogens is 340 g/mol. The van der Waals surface area contributed by atoms with E-state index in [1.807, 2.05) is 42.5 Å². The Morgan fingerprint density at radius 3 is 2.41 bits per heavy atom. The average Bonchev–Trinajstić information content (AvgIpc) is 3.05. The monoisotopic (exact) mass is 356 g/mol. The molecule has 0 bridgehead atoms. The number of hydrogen-bond donors (Lipinski definition) is 0. The van der Waals surface area contributed by atoms with Crippen molar-refractivity contribution in [3.05, 3.63) is 100 Å². The summed E-state index contributed by atoms with van der Waals surface area (Å²) in [6.45, 7) is 0.661. The fraction of sp³-hybridized carbons (Fsp3) is 0.0476. The van der Waals surface area contributed by atoms with Crippen LogP contribution in [0.25, 0.3) is 11.0 Å². The molecule has 0 saturated heterocycles.